The van der Waals surface area contributed by atoms with Gasteiger partial charge in [-0.2, -0.15) is 5.10 Å². The lowest BCUT2D eigenvalue weighted by atomic mass is 10.1. The molecule has 0 saturated heterocycles. The maximum absolute atomic E-state index is 5.84. The van der Waals surface area contributed by atoms with E-state index in [1.54, 1.807) is 0 Å². The molecule has 1 atom stereocenters. The van der Waals surface area contributed by atoms with Crippen LogP contribution in [-0.4, -0.2) is 9.78 Å². The number of nitrogens with zero attached hydrogens (tertiary/aromatic N) is 2. The Morgan fingerprint density at radius 1 is 1.27 bits per heavy atom. The van der Waals surface area contributed by atoms with Crippen LogP contribution in [0, 0.1) is 0 Å². The van der Waals surface area contributed by atoms with Gasteiger partial charge in [0, 0.05) is 17.5 Å². The molecule has 1 aromatic carbocycles. The van der Waals surface area contributed by atoms with Crippen molar-refractivity contribution >= 4 is 10.9 Å². The summed E-state index contributed by atoms with van der Waals surface area (Å²) in [6, 6.07) is 6.76. The molecule has 2 rings (SSSR count). The average molecular weight is 203 g/mol. The van der Waals surface area contributed by atoms with E-state index < -0.39 is 0 Å². The first-order valence-electron chi connectivity index (χ1n) is 5.32. The molecule has 0 aliphatic heterocycles. The fraction of sp³-hybridized carbons (Fsp3) is 0.417. The van der Waals surface area contributed by atoms with E-state index in [-0.39, 0.29) is 6.04 Å². The molecule has 1 heterocycles. The summed E-state index contributed by atoms with van der Waals surface area (Å²) < 4.78 is 2.03. The topological polar surface area (TPSA) is 43.8 Å². The quantitative estimate of drug-likeness (QED) is 0.815. The molecule has 0 amide bonds. The van der Waals surface area contributed by atoms with Gasteiger partial charge in [0.25, 0.3) is 0 Å². The molecular weight excluding hydrogens is 186 g/mol. The lowest BCUT2D eigenvalue weighted by molar-refractivity contribution is 0.551. The van der Waals surface area contributed by atoms with Crippen molar-refractivity contribution in [1.82, 2.24) is 9.78 Å². The first kappa shape index (κ1) is 10.2. The van der Waals surface area contributed by atoms with Crippen LogP contribution < -0.4 is 5.73 Å². The van der Waals surface area contributed by atoms with Crippen molar-refractivity contribution in [3.05, 3.63) is 30.0 Å². The third-order valence-corrected chi connectivity index (χ3v) is 2.63. The van der Waals surface area contributed by atoms with E-state index in [0.29, 0.717) is 6.04 Å². The van der Waals surface area contributed by atoms with Gasteiger partial charge in [0.2, 0.25) is 0 Å². The van der Waals surface area contributed by atoms with Crippen LogP contribution in [0.5, 0.6) is 0 Å². The molecule has 1 aromatic heterocycles. The number of fused-ring (bicyclic) bond motifs is 1. The van der Waals surface area contributed by atoms with Gasteiger partial charge in [-0.3, -0.25) is 4.68 Å². The Morgan fingerprint density at radius 2 is 2.00 bits per heavy atom. The van der Waals surface area contributed by atoms with Crippen LogP contribution in [0.15, 0.2) is 24.4 Å². The van der Waals surface area contributed by atoms with Crippen molar-refractivity contribution in [2.75, 3.05) is 0 Å². The molecule has 0 bridgehead atoms. The summed E-state index contributed by atoms with van der Waals surface area (Å²) in [6.07, 6.45) is 1.90. The fourth-order valence-electron chi connectivity index (χ4n) is 1.77. The van der Waals surface area contributed by atoms with E-state index in [1.165, 1.54) is 10.9 Å². The normalized spacial score (nSPS) is 13.7. The summed E-state index contributed by atoms with van der Waals surface area (Å²) >= 11 is 0. The van der Waals surface area contributed by atoms with Gasteiger partial charge in [0.15, 0.2) is 0 Å². The van der Waals surface area contributed by atoms with Gasteiger partial charge in [0.05, 0.1) is 11.7 Å². The maximum atomic E-state index is 5.84. The predicted octanol–water partition coefficient (Wildman–Crippen LogP) is 2.64. The third-order valence-electron chi connectivity index (χ3n) is 2.63. The first-order valence-corrected chi connectivity index (χ1v) is 5.32. The molecular formula is C12H17N3. The van der Waals surface area contributed by atoms with Gasteiger partial charge >= 0.3 is 0 Å². The minimum atomic E-state index is 0.0804. The van der Waals surface area contributed by atoms with E-state index in [0.717, 1.165) is 5.56 Å². The van der Waals surface area contributed by atoms with Gasteiger partial charge in [-0.1, -0.05) is 6.07 Å². The van der Waals surface area contributed by atoms with Gasteiger partial charge < -0.3 is 5.73 Å². The van der Waals surface area contributed by atoms with Gasteiger partial charge in [-0.15, -0.1) is 0 Å². The molecule has 0 aliphatic rings. The van der Waals surface area contributed by atoms with Crippen molar-refractivity contribution in [3.8, 4) is 0 Å². The maximum Gasteiger partial charge on any atom is 0.0685 e. The van der Waals surface area contributed by atoms with Crippen molar-refractivity contribution in [3.63, 3.8) is 0 Å². The predicted molar refractivity (Wildman–Crippen MR) is 62.7 cm³/mol. The molecule has 0 spiro atoms. The Morgan fingerprint density at radius 3 is 2.60 bits per heavy atom. The van der Waals surface area contributed by atoms with Gasteiger partial charge in [-0.05, 0) is 38.5 Å². The zero-order chi connectivity index (χ0) is 11.0. The fourth-order valence-corrected chi connectivity index (χ4v) is 1.77. The molecule has 15 heavy (non-hydrogen) atoms. The second-order valence-electron chi connectivity index (χ2n) is 4.29. The van der Waals surface area contributed by atoms with Crippen LogP contribution in [0.4, 0.5) is 0 Å². The van der Waals surface area contributed by atoms with Crippen molar-refractivity contribution in [2.45, 2.75) is 32.9 Å². The van der Waals surface area contributed by atoms with E-state index >= 15 is 0 Å². The summed E-state index contributed by atoms with van der Waals surface area (Å²) in [6.45, 7) is 6.26. The molecule has 0 fully saturated rings. The minimum absolute atomic E-state index is 0.0804. The number of rotatable bonds is 2. The summed E-state index contributed by atoms with van der Waals surface area (Å²) in [4.78, 5) is 0. The lowest BCUT2D eigenvalue weighted by Crippen LogP contribution is -2.05. The zero-order valence-corrected chi connectivity index (χ0v) is 9.44. The Balaban J connectivity index is 2.57. The SMILES string of the molecule is CC(N)c1ccc2c(cnn2C(C)C)c1. The van der Waals surface area contributed by atoms with E-state index in [9.17, 15) is 0 Å². The van der Waals surface area contributed by atoms with Gasteiger partial charge in [-0.25, -0.2) is 0 Å². The van der Waals surface area contributed by atoms with E-state index in [4.69, 9.17) is 5.73 Å². The highest BCUT2D eigenvalue weighted by Crippen LogP contribution is 2.21. The number of hydrogen-bond donors (Lipinski definition) is 1. The third kappa shape index (κ3) is 1.75. The molecule has 0 aliphatic carbocycles. The van der Waals surface area contributed by atoms with E-state index in [2.05, 4.69) is 37.1 Å². The first-order chi connectivity index (χ1) is 7.09. The second-order valence-corrected chi connectivity index (χ2v) is 4.29. The molecule has 3 heteroatoms. The summed E-state index contributed by atoms with van der Waals surface area (Å²) in [7, 11) is 0. The zero-order valence-electron chi connectivity index (χ0n) is 9.44. The lowest BCUT2D eigenvalue weighted by Gasteiger charge is -2.08. The molecule has 2 aromatic rings. The smallest absolute Gasteiger partial charge is 0.0685 e. The molecule has 1 unspecified atom stereocenters. The Hall–Kier alpha value is -1.35. The average Bonchev–Trinajstić information content (AvgIpc) is 2.59. The van der Waals surface area contributed by atoms with Crippen LogP contribution in [0.2, 0.25) is 0 Å². The van der Waals surface area contributed by atoms with Crippen LogP contribution in [0.25, 0.3) is 10.9 Å². The monoisotopic (exact) mass is 203 g/mol. The largest absolute Gasteiger partial charge is 0.324 e. The van der Waals surface area contributed by atoms with Crippen LogP contribution >= 0.6 is 0 Å². The van der Waals surface area contributed by atoms with Crippen molar-refractivity contribution in [2.24, 2.45) is 5.73 Å². The number of benzene rings is 1. The molecule has 0 radical (unpaired) electrons. The Labute approximate surface area is 89.9 Å². The standard InChI is InChI=1S/C12H17N3/c1-8(2)15-12-5-4-10(9(3)13)6-11(12)7-14-15/h4-9H,13H2,1-3H3. The number of nitrogens with two attached hydrogens (primary N) is 1. The molecule has 80 valence electrons. The second kappa shape index (κ2) is 3.66. The summed E-state index contributed by atoms with van der Waals surface area (Å²) in [5, 5.41) is 5.54. The van der Waals surface area contributed by atoms with E-state index in [1.807, 2.05) is 17.8 Å². The number of hydrogen-bond acceptors (Lipinski definition) is 2. The highest BCUT2D eigenvalue weighted by atomic mass is 15.3. The van der Waals surface area contributed by atoms with Gasteiger partial charge in [0.1, 0.15) is 0 Å². The van der Waals surface area contributed by atoms with Crippen molar-refractivity contribution < 1.29 is 0 Å². The molecule has 3 nitrogen and oxygen atoms in total. The van der Waals surface area contributed by atoms with Crippen LogP contribution in [-0.2, 0) is 0 Å². The van der Waals surface area contributed by atoms with Crippen LogP contribution in [0.1, 0.15) is 38.4 Å². The Bertz CT molecular complexity index is 469. The molecule has 0 saturated carbocycles. The molecule has 2 N–H and O–H groups in total. The highest BCUT2D eigenvalue weighted by Gasteiger charge is 2.07. The summed E-state index contributed by atoms with van der Waals surface area (Å²) in [5.41, 5.74) is 8.18. The minimum Gasteiger partial charge on any atom is -0.324 e. The van der Waals surface area contributed by atoms with Crippen LogP contribution in [0.3, 0.4) is 0 Å². The van der Waals surface area contributed by atoms with Crippen molar-refractivity contribution in [1.29, 1.82) is 0 Å². The number of aromatic nitrogens is 2. The summed E-state index contributed by atoms with van der Waals surface area (Å²) in [5.74, 6) is 0. The Kier molecular flexibility index (Phi) is 2.49. The highest BCUT2D eigenvalue weighted by molar-refractivity contribution is 5.79.